The smallest absolute Gasteiger partial charge is 0.224 e. The average molecular weight is 244 g/mol. The Balaban J connectivity index is 1.85. The van der Waals surface area contributed by atoms with E-state index in [1.807, 2.05) is 31.2 Å². The van der Waals surface area contributed by atoms with Gasteiger partial charge in [-0.25, -0.2) is 0 Å². The molecule has 94 valence electrons. The first-order valence-corrected chi connectivity index (χ1v) is 5.80. The maximum atomic E-state index is 11.7. The van der Waals surface area contributed by atoms with Crippen LogP contribution in [0.1, 0.15) is 17.1 Å². The summed E-state index contributed by atoms with van der Waals surface area (Å²) in [5.74, 6) is 1.55. The van der Waals surface area contributed by atoms with E-state index < -0.39 is 0 Å². The van der Waals surface area contributed by atoms with Crippen molar-refractivity contribution in [1.82, 2.24) is 5.32 Å². The molecule has 1 heterocycles. The molecule has 0 radical (unpaired) electrons. The number of nitrogens with two attached hydrogens (primary N) is 1. The predicted molar refractivity (Wildman–Crippen MR) is 69.9 cm³/mol. The van der Waals surface area contributed by atoms with Crippen LogP contribution in [0, 0.1) is 6.92 Å². The number of rotatable bonds is 4. The number of hydrogen-bond donors (Lipinski definition) is 2. The molecule has 0 aliphatic heterocycles. The number of anilines is 1. The summed E-state index contributed by atoms with van der Waals surface area (Å²) in [6, 6.07) is 11.1. The van der Waals surface area contributed by atoms with Crippen LogP contribution in [0.2, 0.25) is 0 Å². The molecule has 3 N–H and O–H groups in total. The third-order valence-electron chi connectivity index (χ3n) is 2.57. The predicted octanol–water partition coefficient (Wildman–Crippen LogP) is 2.03. The molecule has 0 fully saturated rings. The molecule has 4 heteroatoms. The molecule has 0 aliphatic rings. The number of hydrogen-bond acceptors (Lipinski definition) is 3. The average Bonchev–Trinajstić information content (AvgIpc) is 2.73. The van der Waals surface area contributed by atoms with E-state index in [1.54, 1.807) is 12.1 Å². The first-order valence-electron chi connectivity index (χ1n) is 5.80. The number of amides is 1. The van der Waals surface area contributed by atoms with E-state index in [0.29, 0.717) is 18.7 Å². The molecule has 18 heavy (non-hydrogen) atoms. The minimum absolute atomic E-state index is 0.0466. The quantitative estimate of drug-likeness (QED) is 0.808. The number of benzene rings is 1. The fourth-order valence-corrected chi connectivity index (χ4v) is 1.72. The Kier molecular flexibility index (Phi) is 3.67. The van der Waals surface area contributed by atoms with E-state index >= 15 is 0 Å². The van der Waals surface area contributed by atoms with Crippen LogP contribution in [0.3, 0.4) is 0 Å². The zero-order valence-corrected chi connectivity index (χ0v) is 10.3. The number of carbonyl (C=O) groups excluding carboxylic acids is 1. The fourth-order valence-electron chi connectivity index (χ4n) is 1.72. The molecule has 0 unspecified atom stereocenters. The minimum atomic E-state index is -0.0466. The zero-order valence-electron chi connectivity index (χ0n) is 10.3. The SMILES string of the molecule is Cc1ccc(CNC(=O)Cc2cccc(N)c2)o1. The molecule has 0 spiro atoms. The summed E-state index contributed by atoms with van der Waals surface area (Å²) in [5, 5.41) is 2.81. The Labute approximate surface area is 106 Å². The van der Waals surface area contributed by atoms with Crippen molar-refractivity contribution in [3.63, 3.8) is 0 Å². The van der Waals surface area contributed by atoms with Crippen molar-refractivity contribution in [3.8, 4) is 0 Å². The fraction of sp³-hybridized carbons (Fsp3) is 0.214. The molecule has 1 aromatic heterocycles. The van der Waals surface area contributed by atoms with Crippen LogP contribution in [0.15, 0.2) is 40.8 Å². The summed E-state index contributed by atoms with van der Waals surface area (Å²) in [4.78, 5) is 11.7. The summed E-state index contributed by atoms with van der Waals surface area (Å²) in [7, 11) is 0. The first kappa shape index (κ1) is 12.2. The van der Waals surface area contributed by atoms with Crippen LogP contribution in [0.25, 0.3) is 0 Å². The van der Waals surface area contributed by atoms with Gasteiger partial charge in [-0.2, -0.15) is 0 Å². The lowest BCUT2D eigenvalue weighted by Gasteiger charge is -2.04. The second-order valence-electron chi connectivity index (χ2n) is 4.21. The van der Waals surface area contributed by atoms with Crippen molar-refractivity contribution in [3.05, 3.63) is 53.5 Å². The van der Waals surface area contributed by atoms with Gasteiger partial charge >= 0.3 is 0 Å². The third-order valence-corrected chi connectivity index (χ3v) is 2.57. The summed E-state index contributed by atoms with van der Waals surface area (Å²) in [6.07, 6.45) is 0.324. The number of nitrogen functional groups attached to an aromatic ring is 1. The molecule has 2 aromatic rings. The van der Waals surface area contributed by atoms with Crippen LogP contribution in [0.4, 0.5) is 5.69 Å². The van der Waals surface area contributed by atoms with Crippen molar-refractivity contribution in [2.75, 3.05) is 5.73 Å². The van der Waals surface area contributed by atoms with Crippen LogP contribution >= 0.6 is 0 Å². The van der Waals surface area contributed by atoms with Gasteiger partial charge in [-0.3, -0.25) is 4.79 Å². The standard InChI is InChI=1S/C14H16N2O2/c1-10-5-6-13(18-10)9-16-14(17)8-11-3-2-4-12(15)7-11/h2-7H,8-9,15H2,1H3,(H,16,17). The molecule has 0 saturated heterocycles. The monoisotopic (exact) mass is 244 g/mol. The van der Waals surface area contributed by atoms with Gasteiger partial charge in [0, 0.05) is 5.69 Å². The van der Waals surface area contributed by atoms with Gasteiger partial charge in [0.05, 0.1) is 13.0 Å². The lowest BCUT2D eigenvalue weighted by molar-refractivity contribution is -0.120. The molecule has 0 atom stereocenters. The minimum Gasteiger partial charge on any atom is -0.465 e. The molecule has 0 aliphatic carbocycles. The molecule has 2 rings (SSSR count). The van der Waals surface area contributed by atoms with Crippen molar-refractivity contribution < 1.29 is 9.21 Å². The molecule has 0 bridgehead atoms. The number of carbonyl (C=O) groups is 1. The third kappa shape index (κ3) is 3.38. The van der Waals surface area contributed by atoms with Crippen molar-refractivity contribution in [2.24, 2.45) is 0 Å². The van der Waals surface area contributed by atoms with Crippen LogP contribution in [-0.2, 0) is 17.8 Å². The molecular formula is C14H16N2O2. The van der Waals surface area contributed by atoms with Gasteiger partial charge < -0.3 is 15.5 Å². The molecular weight excluding hydrogens is 228 g/mol. The topological polar surface area (TPSA) is 68.3 Å². The Morgan fingerprint density at radius 1 is 1.33 bits per heavy atom. The highest BCUT2D eigenvalue weighted by Crippen LogP contribution is 2.08. The normalized spacial score (nSPS) is 10.3. The van der Waals surface area contributed by atoms with Gasteiger partial charge in [-0.15, -0.1) is 0 Å². The molecule has 1 aromatic carbocycles. The van der Waals surface area contributed by atoms with Crippen molar-refractivity contribution >= 4 is 11.6 Å². The van der Waals surface area contributed by atoms with E-state index in [-0.39, 0.29) is 5.91 Å². The largest absolute Gasteiger partial charge is 0.465 e. The van der Waals surface area contributed by atoms with E-state index in [4.69, 9.17) is 10.2 Å². The lowest BCUT2D eigenvalue weighted by atomic mass is 10.1. The van der Waals surface area contributed by atoms with Crippen LogP contribution < -0.4 is 11.1 Å². The summed E-state index contributed by atoms with van der Waals surface area (Å²) >= 11 is 0. The second-order valence-corrected chi connectivity index (χ2v) is 4.21. The van der Waals surface area contributed by atoms with E-state index in [2.05, 4.69) is 5.32 Å². The highest BCUT2D eigenvalue weighted by atomic mass is 16.3. The van der Waals surface area contributed by atoms with Gasteiger partial charge in [-0.05, 0) is 36.8 Å². The van der Waals surface area contributed by atoms with Gasteiger partial charge in [-0.1, -0.05) is 12.1 Å². The summed E-state index contributed by atoms with van der Waals surface area (Å²) in [5.41, 5.74) is 7.23. The van der Waals surface area contributed by atoms with Gasteiger partial charge in [0.1, 0.15) is 11.5 Å². The lowest BCUT2D eigenvalue weighted by Crippen LogP contribution is -2.24. The van der Waals surface area contributed by atoms with Gasteiger partial charge in [0.15, 0.2) is 0 Å². The van der Waals surface area contributed by atoms with Crippen molar-refractivity contribution in [2.45, 2.75) is 19.9 Å². The summed E-state index contributed by atoms with van der Waals surface area (Å²) < 4.78 is 5.37. The van der Waals surface area contributed by atoms with E-state index in [0.717, 1.165) is 17.1 Å². The highest BCUT2D eigenvalue weighted by Gasteiger charge is 2.05. The van der Waals surface area contributed by atoms with E-state index in [9.17, 15) is 4.79 Å². The molecule has 0 saturated carbocycles. The highest BCUT2D eigenvalue weighted by molar-refractivity contribution is 5.78. The van der Waals surface area contributed by atoms with Gasteiger partial charge in [0.25, 0.3) is 0 Å². The Bertz CT molecular complexity index is 546. The molecule has 1 amide bonds. The second kappa shape index (κ2) is 5.40. The number of furan rings is 1. The van der Waals surface area contributed by atoms with Crippen LogP contribution in [0.5, 0.6) is 0 Å². The maximum Gasteiger partial charge on any atom is 0.224 e. The maximum absolute atomic E-state index is 11.7. The Morgan fingerprint density at radius 2 is 2.17 bits per heavy atom. The number of nitrogens with one attached hydrogen (secondary N) is 1. The van der Waals surface area contributed by atoms with Gasteiger partial charge in [0.2, 0.25) is 5.91 Å². The zero-order chi connectivity index (χ0) is 13.0. The Morgan fingerprint density at radius 3 is 2.83 bits per heavy atom. The first-order chi connectivity index (χ1) is 8.63. The number of aryl methyl sites for hydroxylation is 1. The van der Waals surface area contributed by atoms with Crippen molar-refractivity contribution in [1.29, 1.82) is 0 Å². The molecule has 4 nitrogen and oxygen atoms in total. The van der Waals surface area contributed by atoms with Crippen LogP contribution in [-0.4, -0.2) is 5.91 Å². The van der Waals surface area contributed by atoms with E-state index in [1.165, 1.54) is 0 Å². The summed E-state index contributed by atoms with van der Waals surface area (Å²) in [6.45, 7) is 2.28. The Hall–Kier alpha value is -2.23.